The molecule has 2 aliphatic heterocycles. The molecule has 2 aliphatic rings. The van der Waals surface area contributed by atoms with Crippen molar-refractivity contribution in [2.75, 3.05) is 53.5 Å². The minimum absolute atomic E-state index is 0.0428. The van der Waals surface area contributed by atoms with Crippen molar-refractivity contribution in [3.63, 3.8) is 0 Å². The van der Waals surface area contributed by atoms with E-state index in [1.807, 2.05) is 42.2 Å². The van der Waals surface area contributed by atoms with E-state index in [1.54, 1.807) is 39.3 Å². The summed E-state index contributed by atoms with van der Waals surface area (Å²) in [5, 5.41) is 2.98. The molecule has 9 nitrogen and oxygen atoms in total. The molecule has 0 radical (unpaired) electrons. The fraction of sp³-hybridized carbons (Fsp3) is 0.393. The van der Waals surface area contributed by atoms with Gasteiger partial charge in [0.25, 0.3) is 5.91 Å². The maximum Gasteiger partial charge on any atom is 0.338 e. The SMILES string of the molecule is CCOC(=O)C1=C(CN2CCN(C(=O)c3cccc(OC)c3)CC2)N(C)C(=O)NC1c1ccccc1C. The molecule has 1 unspecified atom stereocenters. The van der Waals surface area contributed by atoms with Crippen LogP contribution in [-0.2, 0) is 9.53 Å². The molecule has 2 aromatic rings. The van der Waals surface area contributed by atoms with E-state index in [-0.39, 0.29) is 18.5 Å². The van der Waals surface area contributed by atoms with Crippen molar-refractivity contribution < 1.29 is 23.9 Å². The predicted molar refractivity (Wildman–Crippen MR) is 139 cm³/mol. The fourth-order valence-corrected chi connectivity index (χ4v) is 4.80. The van der Waals surface area contributed by atoms with Crippen LogP contribution in [0.5, 0.6) is 5.75 Å². The van der Waals surface area contributed by atoms with E-state index in [4.69, 9.17) is 9.47 Å². The highest BCUT2D eigenvalue weighted by molar-refractivity contribution is 5.95. The summed E-state index contributed by atoms with van der Waals surface area (Å²) in [4.78, 5) is 44.7. The molecule has 0 saturated carbocycles. The highest BCUT2D eigenvalue weighted by Crippen LogP contribution is 2.33. The number of esters is 1. The zero-order valence-corrected chi connectivity index (χ0v) is 21.8. The number of rotatable bonds is 7. The van der Waals surface area contributed by atoms with E-state index in [1.165, 1.54) is 4.90 Å². The number of benzene rings is 2. The molecular formula is C28H34N4O5. The second-order valence-electron chi connectivity index (χ2n) is 9.18. The number of methoxy groups -OCH3 is 1. The lowest BCUT2D eigenvalue weighted by Gasteiger charge is -2.39. The third kappa shape index (κ3) is 5.61. The van der Waals surface area contributed by atoms with Crippen LogP contribution in [0.15, 0.2) is 59.8 Å². The molecular weight excluding hydrogens is 472 g/mol. The summed E-state index contributed by atoms with van der Waals surface area (Å²) < 4.78 is 10.7. The average molecular weight is 507 g/mol. The zero-order valence-electron chi connectivity index (χ0n) is 21.8. The number of carbonyl (C=O) groups excluding carboxylic acids is 3. The summed E-state index contributed by atoms with van der Waals surface area (Å²) in [7, 11) is 3.24. The summed E-state index contributed by atoms with van der Waals surface area (Å²) in [6.45, 7) is 6.65. The Bertz CT molecular complexity index is 1200. The smallest absolute Gasteiger partial charge is 0.338 e. The van der Waals surface area contributed by atoms with Gasteiger partial charge >= 0.3 is 12.0 Å². The van der Waals surface area contributed by atoms with Gasteiger partial charge in [0.15, 0.2) is 0 Å². The largest absolute Gasteiger partial charge is 0.497 e. The molecule has 1 N–H and O–H groups in total. The van der Waals surface area contributed by atoms with Gasteiger partial charge in [-0.2, -0.15) is 0 Å². The van der Waals surface area contributed by atoms with Crippen molar-refractivity contribution in [1.29, 1.82) is 0 Å². The van der Waals surface area contributed by atoms with Gasteiger partial charge in [0.1, 0.15) is 5.75 Å². The minimum Gasteiger partial charge on any atom is -0.497 e. The molecule has 1 atom stereocenters. The number of aryl methyl sites for hydroxylation is 1. The molecule has 3 amide bonds. The Morgan fingerprint density at radius 3 is 2.46 bits per heavy atom. The zero-order chi connectivity index (χ0) is 26.5. The minimum atomic E-state index is -0.602. The Labute approximate surface area is 217 Å². The van der Waals surface area contributed by atoms with Crippen molar-refractivity contribution in [2.24, 2.45) is 0 Å². The van der Waals surface area contributed by atoms with Gasteiger partial charge in [0.05, 0.1) is 25.3 Å². The van der Waals surface area contributed by atoms with Crippen molar-refractivity contribution in [1.82, 2.24) is 20.0 Å². The van der Waals surface area contributed by atoms with Crippen LogP contribution in [0.4, 0.5) is 4.79 Å². The second kappa shape index (κ2) is 11.5. The second-order valence-corrected chi connectivity index (χ2v) is 9.18. The van der Waals surface area contributed by atoms with Gasteiger partial charge in [-0.05, 0) is 43.2 Å². The third-order valence-electron chi connectivity index (χ3n) is 6.92. The molecule has 1 fully saturated rings. The number of hydrogen-bond acceptors (Lipinski definition) is 6. The number of piperazine rings is 1. The van der Waals surface area contributed by atoms with Crippen LogP contribution in [0.2, 0.25) is 0 Å². The Morgan fingerprint density at radius 2 is 1.78 bits per heavy atom. The monoisotopic (exact) mass is 506 g/mol. The maximum absolute atomic E-state index is 13.2. The number of amides is 3. The molecule has 4 rings (SSSR count). The molecule has 196 valence electrons. The van der Waals surface area contributed by atoms with Crippen LogP contribution in [0.3, 0.4) is 0 Å². The van der Waals surface area contributed by atoms with Crippen LogP contribution in [0, 0.1) is 6.92 Å². The van der Waals surface area contributed by atoms with Gasteiger partial charge in [0.2, 0.25) is 0 Å². The number of hydrogen-bond donors (Lipinski definition) is 1. The lowest BCUT2D eigenvalue weighted by Crippen LogP contribution is -2.53. The molecule has 0 bridgehead atoms. The number of nitrogens with one attached hydrogen (secondary N) is 1. The first kappa shape index (κ1) is 26.2. The molecule has 2 heterocycles. The summed E-state index contributed by atoms with van der Waals surface area (Å²) >= 11 is 0. The normalized spacial score (nSPS) is 18.5. The van der Waals surface area contributed by atoms with E-state index in [9.17, 15) is 14.4 Å². The third-order valence-corrected chi connectivity index (χ3v) is 6.92. The van der Waals surface area contributed by atoms with Gasteiger partial charge in [-0.25, -0.2) is 9.59 Å². The lowest BCUT2D eigenvalue weighted by molar-refractivity contribution is -0.139. The number of likely N-dealkylation sites (N-methyl/N-ethyl adjacent to an activating group) is 1. The first-order chi connectivity index (χ1) is 17.8. The Hall–Kier alpha value is -3.85. The van der Waals surface area contributed by atoms with Gasteiger partial charge in [-0.3, -0.25) is 14.6 Å². The Balaban J connectivity index is 1.56. The quantitative estimate of drug-likeness (QED) is 0.581. The number of urea groups is 1. The van der Waals surface area contributed by atoms with Crippen LogP contribution in [0.1, 0.15) is 34.5 Å². The molecule has 37 heavy (non-hydrogen) atoms. The molecule has 0 aromatic heterocycles. The van der Waals surface area contributed by atoms with E-state index in [0.717, 1.165) is 11.1 Å². The summed E-state index contributed by atoms with van der Waals surface area (Å²) in [6, 6.07) is 14.0. The molecule has 9 heteroatoms. The Kier molecular flexibility index (Phi) is 8.13. The van der Waals surface area contributed by atoms with Gasteiger partial charge in [-0.1, -0.05) is 30.3 Å². The number of nitrogens with zero attached hydrogens (tertiary/aromatic N) is 3. The molecule has 2 aromatic carbocycles. The maximum atomic E-state index is 13.2. The van der Waals surface area contributed by atoms with Crippen LogP contribution >= 0.6 is 0 Å². The van der Waals surface area contributed by atoms with Crippen molar-refractivity contribution in [3.8, 4) is 5.75 Å². The standard InChI is InChI=1S/C28H34N4O5/c1-5-37-27(34)24-23(30(3)28(35)29-25(24)22-12-7-6-9-19(22)2)18-31-13-15-32(16-14-31)26(33)20-10-8-11-21(17-20)36-4/h6-12,17,25H,5,13-16,18H2,1-4H3,(H,29,35). The fourth-order valence-electron chi connectivity index (χ4n) is 4.80. The van der Waals surface area contributed by atoms with E-state index < -0.39 is 12.0 Å². The Morgan fingerprint density at radius 1 is 1.05 bits per heavy atom. The van der Waals surface area contributed by atoms with Crippen molar-refractivity contribution >= 4 is 17.9 Å². The van der Waals surface area contributed by atoms with Crippen molar-refractivity contribution in [2.45, 2.75) is 19.9 Å². The van der Waals surface area contributed by atoms with Crippen LogP contribution in [0.25, 0.3) is 0 Å². The van der Waals surface area contributed by atoms with Crippen LogP contribution in [-0.4, -0.2) is 86.1 Å². The highest BCUT2D eigenvalue weighted by Gasteiger charge is 2.38. The number of carbonyl (C=O) groups is 3. The van der Waals surface area contributed by atoms with E-state index in [2.05, 4.69) is 10.2 Å². The average Bonchev–Trinajstić information content (AvgIpc) is 2.91. The van der Waals surface area contributed by atoms with Gasteiger partial charge < -0.3 is 19.7 Å². The number of ether oxygens (including phenoxy) is 2. The molecule has 0 aliphatic carbocycles. The molecule has 1 saturated heterocycles. The highest BCUT2D eigenvalue weighted by atomic mass is 16.5. The molecule has 0 spiro atoms. The summed E-state index contributed by atoms with van der Waals surface area (Å²) in [5.74, 6) is 0.160. The first-order valence-corrected chi connectivity index (χ1v) is 12.5. The van der Waals surface area contributed by atoms with E-state index in [0.29, 0.717) is 55.3 Å². The lowest BCUT2D eigenvalue weighted by atomic mass is 9.91. The van der Waals surface area contributed by atoms with E-state index >= 15 is 0 Å². The van der Waals surface area contributed by atoms with Gasteiger partial charge in [-0.15, -0.1) is 0 Å². The first-order valence-electron chi connectivity index (χ1n) is 12.5. The van der Waals surface area contributed by atoms with Crippen molar-refractivity contribution in [3.05, 3.63) is 76.5 Å². The van der Waals surface area contributed by atoms with Crippen LogP contribution < -0.4 is 10.1 Å². The predicted octanol–water partition coefficient (Wildman–Crippen LogP) is 2.97. The topological polar surface area (TPSA) is 91.4 Å². The van der Waals surface area contributed by atoms with Gasteiger partial charge in [0, 0.05) is 51.0 Å². The summed E-state index contributed by atoms with van der Waals surface area (Å²) in [6.07, 6.45) is 0. The summed E-state index contributed by atoms with van der Waals surface area (Å²) in [5.41, 5.74) is 3.47.